The minimum Gasteiger partial charge on any atom is -0.496 e. The van der Waals surface area contributed by atoms with E-state index in [1.807, 2.05) is 24.3 Å². The number of aromatic amines is 1. The van der Waals surface area contributed by atoms with Gasteiger partial charge in [0, 0.05) is 34.6 Å². The molecular weight excluding hydrogens is 350 g/mol. The first kappa shape index (κ1) is 18.0. The highest BCUT2D eigenvalue weighted by Crippen LogP contribution is 2.44. The van der Waals surface area contributed by atoms with Gasteiger partial charge in [0.25, 0.3) is 0 Å². The van der Waals surface area contributed by atoms with E-state index in [1.165, 1.54) is 16.5 Å². The Kier molecular flexibility index (Phi) is 4.94. The van der Waals surface area contributed by atoms with Crippen LogP contribution in [0, 0.1) is 0 Å². The van der Waals surface area contributed by atoms with Gasteiger partial charge in [-0.2, -0.15) is 0 Å². The van der Waals surface area contributed by atoms with Gasteiger partial charge < -0.3 is 19.2 Å². The fourth-order valence-corrected chi connectivity index (χ4v) is 3.78. The van der Waals surface area contributed by atoms with Crippen LogP contribution in [0.4, 0.5) is 0 Å². The summed E-state index contributed by atoms with van der Waals surface area (Å²) >= 11 is 0. The normalized spacial score (nSPS) is 12.0. The Morgan fingerprint density at radius 2 is 1.32 bits per heavy atom. The van der Waals surface area contributed by atoms with Gasteiger partial charge in [-0.1, -0.05) is 48.5 Å². The summed E-state index contributed by atoms with van der Waals surface area (Å²) < 4.78 is 16.8. The van der Waals surface area contributed by atoms with Gasteiger partial charge >= 0.3 is 0 Å². The Labute approximate surface area is 164 Å². The van der Waals surface area contributed by atoms with Crippen molar-refractivity contribution in [2.75, 3.05) is 21.3 Å². The van der Waals surface area contributed by atoms with E-state index in [4.69, 9.17) is 14.2 Å². The summed E-state index contributed by atoms with van der Waals surface area (Å²) in [6.45, 7) is 0. The van der Waals surface area contributed by atoms with Gasteiger partial charge in [0.05, 0.1) is 21.3 Å². The van der Waals surface area contributed by atoms with E-state index >= 15 is 0 Å². The molecule has 1 unspecified atom stereocenters. The Hall–Kier alpha value is -3.40. The maximum Gasteiger partial charge on any atom is 0.164 e. The van der Waals surface area contributed by atoms with E-state index in [9.17, 15) is 0 Å². The highest BCUT2D eigenvalue weighted by Gasteiger charge is 2.25. The van der Waals surface area contributed by atoms with Gasteiger partial charge in [0.1, 0.15) is 5.75 Å². The number of nitrogens with one attached hydrogen (secondary N) is 1. The Morgan fingerprint density at radius 1 is 0.679 bits per heavy atom. The largest absolute Gasteiger partial charge is 0.496 e. The molecule has 0 aliphatic heterocycles. The SMILES string of the molecule is COc1cc(OC)c(C(c2ccccc2)c2c[nH]c3ccccc23)cc1OC. The second-order valence-electron chi connectivity index (χ2n) is 6.58. The maximum atomic E-state index is 5.75. The Balaban J connectivity index is 2.00. The molecule has 28 heavy (non-hydrogen) atoms. The third-order valence-electron chi connectivity index (χ3n) is 5.11. The number of benzene rings is 3. The van der Waals surface area contributed by atoms with Gasteiger partial charge in [0.2, 0.25) is 0 Å². The van der Waals surface area contributed by atoms with E-state index in [2.05, 4.69) is 53.6 Å². The smallest absolute Gasteiger partial charge is 0.164 e. The molecule has 4 aromatic rings. The third kappa shape index (κ3) is 3.07. The zero-order valence-corrected chi connectivity index (χ0v) is 16.2. The van der Waals surface area contributed by atoms with Crippen LogP contribution < -0.4 is 14.2 Å². The summed E-state index contributed by atoms with van der Waals surface area (Å²) in [6, 6.07) is 22.7. The number of H-pyrrole nitrogens is 1. The molecule has 4 rings (SSSR count). The topological polar surface area (TPSA) is 43.5 Å². The fraction of sp³-hybridized carbons (Fsp3) is 0.167. The van der Waals surface area contributed by atoms with Crippen molar-refractivity contribution in [2.24, 2.45) is 0 Å². The molecule has 0 saturated heterocycles. The number of para-hydroxylation sites is 1. The summed E-state index contributed by atoms with van der Waals surface area (Å²) in [4.78, 5) is 3.40. The van der Waals surface area contributed by atoms with E-state index in [-0.39, 0.29) is 5.92 Å². The van der Waals surface area contributed by atoms with E-state index in [0.29, 0.717) is 11.5 Å². The van der Waals surface area contributed by atoms with Crippen LogP contribution in [-0.2, 0) is 0 Å². The highest BCUT2D eigenvalue weighted by molar-refractivity contribution is 5.85. The first-order valence-electron chi connectivity index (χ1n) is 9.17. The Morgan fingerprint density at radius 3 is 2.04 bits per heavy atom. The minimum absolute atomic E-state index is 0.0212. The third-order valence-corrected chi connectivity index (χ3v) is 5.11. The molecule has 0 aliphatic rings. The summed E-state index contributed by atoms with van der Waals surface area (Å²) in [6.07, 6.45) is 2.08. The predicted molar refractivity (Wildman–Crippen MR) is 112 cm³/mol. The molecule has 1 aromatic heterocycles. The molecule has 142 valence electrons. The zero-order chi connectivity index (χ0) is 19.5. The average molecular weight is 373 g/mol. The molecule has 4 heteroatoms. The van der Waals surface area contributed by atoms with Crippen molar-refractivity contribution in [1.82, 2.24) is 4.98 Å². The van der Waals surface area contributed by atoms with Crippen LogP contribution >= 0.6 is 0 Å². The second-order valence-corrected chi connectivity index (χ2v) is 6.58. The van der Waals surface area contributed by atoms with Crippen molar-refractivity contribution >= 4 is 10.9 Å². The van der Waals surface area contributed by atoms with E-state index in [1.54, 1.807) is 21.3 Å². The highest BCUT2D eigenvalue weighted by atomic mass is 16.5. The molecule has 3 aromatic carbocycles. The van der Waals surface area contributed by atoms with Gasteiger partial charge in [-0.15, -0.1) is 0 Å². The molecule has 0 radical (unpaired) electrons. The minimum atomic E-state index is -0.0212. The molecule has 0 aliphatic carbocycles. The lowest BCUT2D eigenvalue weighted by atomic mass is 9.84. The number of aromatic nitrogens is 1. The number of fused-ring (bicyclic) bond motifs is 1. The van der Waals surface area contributed by atoms with Crippen LogP contribution in [0.5, 0.6) is 17.2 Å². The summed E-state index contributed by atoms with van der Waals surface area (Å²) in [5.41, 5.74) is 4.50. The first-order chi connectivity index (χ1) is 13.8. The van der Waals surface area contributed by atoms with Crippen LogP contribution in [0.3, 0.4) is 0 Å². The van der Waals surface area contributed by atoms with Crippen molar-refractivity contribution in [1.29, 1.82) is 0 Å². The summed E-state index contributed by atoms with van der Waals surface area (Å²) in [5.74, 6) is 2.07. The molecule has 0 fully saturated rings. The van der Waals surface area contributed by atoms with Gasteiger partial charge in [-0.25, -0.2) is 0 Å². The standard InChI is InChI=1S/C24H23NO3/c1-26-21-14-23(28-3)22(27-2)13-18(21)24(16-9-5-4-6-10-16)19-15-25-20-12-8-7-11-17(19)20/h4-15,24-25H,1-3H3. The number of rotatable bonds is 6. The van der Waals surface area contributed by atoms with E-state index < -0.39 is 0 Å². The van der Waals surface area contributed by atoms with Gasteiger partial charge in [-0.3, -0.25) is 0 Å². The summed E-state index contributed by atoms with van der Waals surface area (Å²) in [7, 11) is 4.96. The van der Waals surface area contributed by atoms with Crippen molar-refractivity contribution in [3.05, 3.63) is 89.6 Å². The molecule has 0 saturated carbocycles. The molecule has 4 nitrogen and oxygen atoms in total. The quantitative estimate of drug-likeness (QED) is 0.494. The number of methoxy groups -OCH3 is 3. The average Bonchev–Trinajstić information content (AvgIpc) is 3.18. The first-order valence-corrected chi connectivity index (χ1v) is 9.17. The molecule has 1 heterocycles. The lowest BCUT2D eigenvalue weighted by Crippen LogP contribution is -2.06. The molecule has 1 N–H and O–H groups in total. The molecule has 0 amide bonds. The maximum absolute atomic E-state index is 5.75. The second kappa shape index (κ2) is 7.69. The summed E-state index contributed by atoms with van der Waals surface area (Å²) in [5, 5.41) is 1.19. The number of hydrogen-bond donors (Lipinski definition) is 1. The molecular formula is C24H23NO3. The fourth-order valence-electron chi connectivity index (χ4n) is 3.78. The van der Waals surface area contributed by atoms with Crippen LogP contribution in [0.25, 0.3) is 10.9 Å². The van der Waals surface area contributed by atoms with Crippen molar-refractivity contribution in [3.8, 4) is 17.2 Å². The predicted octanol–water partition coefficient (Wildman–Crippen LogP) is 5.37. The van der Waals surface area contributed by atoms with E-state index in [0.717, 1.165) is 16.8 Å². The zero-order valence-electron chi connectivity index (χ0n) is 16.2. The van der Waals surface area contributed by atoms with Crippen LogP contribution in [0.1, 0.15) is 22.6 Å². The van der Waals surface area contributed by atoms with Gasteiger partial charge in [0.15, 0.2) is 11.5 Å². The van der Waals surface area contributed by atoms with Crippen molar-refractivity contribution in [3.63, 3.8) is 0 Å². The van der Waals surface area contributed by atoms with Crippen LogP contribution in [-0.4, -0.2) is 26.3 Å². The lowest BCUT2D eigenvalue weighted by Gasteiger charge is -2.22. The molecule has 1 atom stereocenters. The molecule has 0 spiro atoms. The van der Waals surface area contributed by atoms with Crippen molar-refractivity contribution < 1.29 is 14.2 Å². The van der Waals surface area contributed by atoms with Crippen LogP contribution in [0.15, 0.2) is 72.9 Å². The van der Waals surface area contributed by atoms with Crippen LogP contribution in [0.2, 0.25) is 0 Å². The van der Waals surface area contributed by atoms with Gasteiger partial charge in [-0.05, 0) is 23.3 Å². The van der Waals surface area contributed by atoms with Crippen molar-refractivity contribution in [2.45, 2.75) is 5.92 Å². The number of ether oxygens (including phenoxy) is 3. The monoisotopic (exact) mass is 373 g/mol. The Bertz CT molecular complexity index is 1090. The lowest BCUT2D eigenvalue weighted by molar-refractivity contribution is 0.347. The number of hydrogen-bond acceptors (Lipinski definition) is 3. The molecule has 0 bridgehead atoms.